The maximum Gasteiger partial charge on any atom is 0.190 e. The molecule has 0 fully saturated rings. The van der Waals surface area contributed by atoms with E-state index >= 15 is 0 Å². The summed E-state index contributed by atoms with van der Waals surface area (Å²) in [6.45, 7) is 8.10. The number of aromatic nitrogens is 1. The van der Waals surface area contributed by atoms with Crippen molar-refractivity contribution >= 4 is 22.2 Å². The maximum atomic E-state index is 13.4. The molecule has 1 unspecified atom stereocenters. The largest absolute Gasteiger partial charge is 0.318 e. The number of thiazole rings is 1. The van der Waals surface area contributed by atoms with Crippen molar-refractivity contribution in [2.75, 3.05) is 18.0 Å². The number of halogens is 1. The third-order valence-corrected chi connectivity index (χ3v) is 4.51. The van der Waals surface area contributed by atoms with E-state index in [1.807, 2.05) is 24.1 Å². The highest BCUT2D eigenvalue weighted by Gasteiger charge is 2.15. The summed E-state index contributed by atoms with van der Waals surface area (Å²) in [5.74, 6) is -0.222. The second-order valence-electron chi connectivity index (χ2n) is 4.95. The summed E-state index contributed by atoms with van der Waals surface area (Å²) in [4.78, 5) is 7.74. The van der Waals surface area contributed by atoms with E-state index in [0.29, 0.717) is 6.04 Å². The molecule has 0 saturated heterocycles. The molecule has 1 heterocycles. The minimum absolute atomic E-state index is 0.222. The van der Waals surface area contributed by atoms with E-state index in [2.05, 4.69) is 24.1 Å². The van der Waals surface area contributed by atoms with E-state index in [0.717, 1.165) is 30.3 Å². The summed E-state index contributed by atoms with van der Waals surface area (Å²) < 4.78 is 13.4. The Bertz CT molecular complexity index is 570. The quantitative estimate of drug-likeness (QED) is 0.816. The third-order valence-electron chi connectivity index (χ3n) is 3.31. The van der Waals surface area contributed by atoms with Gasteiger partial charge in [-0.1, -0.05) is 24.3 Å². The summed E-state index contributed by atoms with van der Waals surface area (Å²) in [6, 6.07) is 6.94. The van der Waals surface area contributed by atoms with Crippen LogP contribution in [-0.4, -0.2) is 18.1 Å². The minimum atomic E-state index is -0.222. The number of hydrogen-bond acceptors (Lipinski definition) is 4. The van der Waals surface area contributed by atoms with E-state index in [1.165, 1.54) is 10.9 Å². The molecule has 5 heteroatoms. The van der Waals surface area contributed by atoms with Crippen LogP contribution in [0.1, 0.15) is 38.1 Å². The molecule has 0 aliphatic rings. The Morgan fingerprint density at radius 2 is 2.19 bits per heavy atom. The topological polar surface area (TPSA) is 28.2 Å². The first kappa shape index (κ1) is 15.9. The molecule has 2 aromatic rings. The molecular formula is C16H22FN3S. The van der Waals surface area contributed by atoms with Gasteiger partial charge in [0.15, 0.2) is 5.13 Å². The van der Waals surface area contributed by atoms with Gasteiger partial charge in [0.2, 0.25) is 0 Å². The average molecular weight is 307 g/mol. The maximum absolute atomic E-state index is 13.4. The van der Waals surface area contributed by atoms with Gasteiger partial charge in [0.05, 0.1) is 0 Å². The molecule has 21 heavy (non-hydrogen) atoms. The molecule has 0 amide bonds. The van der Waals surface area contributed by atoms with Gasteiger partial charge < -0.3 is 10.2 Å². The van der Waals surface area contributed by atoms with Crippen molar-refractivity contribution in [1.82, 2.24) is 10.3 Å². The van der Waals surface area contributed by atoms with Gasteiger partial charge in [-0.05, 0) is 45.0 Å². The highest BCUT2D eigenvalue weighted by atomic mass is 32.1. The molecule has 2 rings (SSSR count). The molecule has 0 aliphatic heterocycles. The monoisotopic (exact) mass is 307 g/mol. The van der Waals surface area contributed by atoms with Crippen LogP contribution in [0.4, 0.5) is 15.2 Å². The standard InChI is InChI=1S/C16H22FN3S/c1-4-9-18-12(3)15-11-19-16(21-15)20(5-2)14-8-6-7-13(17)10-14/h6-8,10-12,18H,4-5,9H2,1-3H3. The Labute approximate surface area is 129 Å². The van der Waals surface area contributed by atoms with Crippen molar-refractivity contribution in [3.05, 3.63) is 41.2 Å². The fourth-order valence-electron chi connectivity index (χ4n) is 2.14. The van der Waals surface area contributed by atoms with Crippen molar-refractivity contribution < 1.29 is 4.39 Å². The van der Waals surface area contributed by atoms with Crippen LogP contribution >= 0.6 is 11.3 Å². The van der Waals surface area contributed by atoms with E-state index < -0.39 is 0 Å². The molecule has 0 bridgehead atoms. The summed E-state index contributed by atoms with van der Waals surface area (Å²) in [6.07, 6.45) is 3.02. The molecule has 1 N–H and O–H groups in total. The minimum Gasteiger partial charge on any atom is -0.318 e. The lowest BCUT2D eigenvalue weighted by Gasteiger charge is -2.20. The van der Waals surface area contributed by atoms with Crippen molar-refractivity contribution in [2.45, 2.75) is 33.2 Å². The summed E-state index contributed by atoms with van der Waals surface area (Å²) in [5, 5.41) is 4.37. The predicted molar refractivity (Wildman–Crippen MR) is 87.9 cm³/mol. The number of anilines is 2. The van der Waals surface area contributed by atoms with Gasteiger partial charge in [0.25, 0.3) is 0 Å². The van der Waals surface area contributed by atoms with Crippen molar-refractivity contribution in [2.24, 2.45) is 0 Å². The first-order valence-electron chi connectivity index (χ1n) is 7.37. The molecule has 0 saturated carbocycles. The van der Waals surface area contributed by atoms with Gasteiger partial charge in [-0.3, -0.25) is 0 Å². The number of nitrogens with one attached hydrogen (secondary N) is 1. The van der Waals surface area contributed by atoms with Crippen LogP contribution in [-0.2, 0) is 0 Å². The Balaban J connectivity index is 2.18. The zero-order chi connectivity index (χ0) is 15.2. The van der Waals surface area contributed by atoms with Gasteiger partial charge >= 0.3 is 0 Å². The van der Waals surface area contributed by atoms with Crippen molar-refractivity contribution in [3.8, 4) is 0 Å². The lowest BCUT2D eigenvalue weighted by molar-refractivity contribution is 0.577. The average Bonchev–Trinajstić information content (AvgIpc) is 2.95. The van der Waals surface area contributed by atoms with Gasteiger partial charge in [-0.2, -0.15) is 0 Å². The highest BCUT2D eigenvalue weighted by molar-refractivity contribution is 7.15. The van der Waals surface area contributed by atoms with Gasteiger partial charge in [-0.25, -0.2) is 9.37 Å². The van der Waals surface area contributed by atoms with Crippen LogP contribution in [0.5, 0.6) is 0 Å². The molecule has 1 atom stereocenters. The molecule has 0 radical (unpaired) electrons. The van der Waals surface area contributed by atoms with E-state index in [1.54, 1.807) is 23.5 Å². The second-order valence-corrected chi connectivity index (χ2v) is 5.99. The van der Waals surface area contributed by atoms with E-state index in [4.69, 9.17) is 0 Å². The normalized spacial score (nSPS) is 12.4. The molecule has 3 nitrogen and oxygen atoms in total. The van der Waals surface area contributed by atoms with Gasteiger partial charge in [-0.15, -0.1) is 0 Å². The zero-order valence-corrected chi connectivity index (χ0v) is 13.6. The van der Waals surface area contributed by atoms with E-state index in [9.17, 15) is 4.39 Å². The molecule has 114 valence electrons. The summed E-state index contributed by atoms with van der Waals surface area (Å²) >= 11 is 1.65. The molecular weight excluding hydrogens is 285 g/mol. The Hall–Kier alpha value is -1.46. The second kappa shape index (κ2) is 7.52. The van der Waals surface area contributed by atoms with Crippen LogP contribution in [0, 0.1) is 5.82 Å². The Kier molecular flexibility index (Phi) is 5.70. The Morgan fingerprint density at radius 1 is 1.38 bits per heavy atom. The van der Waals surface area contributed by atoms with Crippen molar-refractivity contribution in [3.63, 3.8) is 0 Å². The molecule has 0 spiro atoms. The molecule has 1 aromatic heterocycles. The van der Waals surface area contributed by atoms with Crippen LogP contribution in [0.25, 0.3) is 0 Å². The number of hydrogen-bond donors (Lipinski definition) is 1. The first-order valence-corrected chi connectivity index (χ1v) is 8.19. The number of rotatable bonds is 7. The highest BCUT2D eigenvalue weighted by Crippen LogP contribution is 2.32. The van der Waals surface area contributed by atoms with Crippen LogP contribution < -0.4 is 10.2 Å². The Morgan fingerprint density at radius 3 is 2.86 bits per heavy atom. The summed E-state index contributed by atoms with van der Waals surface area (Å²) in [5.41, 5.74) is 0.840. The molecule has 0 aliphatic carbocycles. The van der Waals surface area contributed by atoms with Crippen molar-refractivity contribution in [1.29, 1.82) is 0 Å². The first-order chi connectivity index (χ1) is 10.2. The third kappa shape index (κ3) is 4.02. The zero-order valence-electron chi connectivity index (χ0n) is 12.8. The predicted octanol–water partition coefficient (Wildman–Crippen LogP) is 4.50. The summed E-state index contributed by atoms with van der Waals surface area (Å²) in [7, 11) is 0. The van der Waals surface area contributed by atoms with Crippen LogP contribution in [0.3, 0.4) is 0 Å². The van der Waals surface area contributed by atoms with Crippen LogP contribution in [0.2, 0.25) is 0 Å². The smallest absolute Gasteiger partial charge is 0.190 e. The van der Waals surface area contributed by atoms with Gasteiger partial charge in [0.1, 0.15) is 5.82 Å². The fraction of sp³-hybridized carbons (Fsp3) is 0.438. The van der Waals surface area contributed by atoms with Crippen LogP contribution in [0.15, 0.2) is 30.5 Å². The lowest BCUT2D eigenvalue weighted by atomic mass is 10.3. The molecule has 1 aromatic carbocycles. The van der Waals surface area contributed by atoms with E-state index in [-0.39, 0.29) is 5.82 Å². The number of benzene rings is 1. The van der Waals surface area contributed by atoms with Gasteiger partial charge in [0, 0.05) is 29.3 Å². The lowest BCUT2D eigenvalue weighted by Crippen LogP contribution is -2.18. The SMILES string of the molecule is CCCNC(C)c1cnc(N(CC)c2cccc(F)c2)s1. The fourth-order valence-corrected chi connectivity index (χ4v) is 3.16. The number of nitrogens with zero attached hydrogens (tertiary/aromatic N) is 2.